The number of amides is 1. The second-order valence-electron chi connectivity index (χ2n) is 5.19. The van der Waals surface area contributed by atoms with Gasteiger partial charge in [0.25, 0.3) is 5.91 Å². The highest BCUT2D eigenvalue weighted by atomic mass is 16.2. The summed E-state index contributed by atoms with van der Waals surface area (Å²) in [5.41, 5.74) is 2.83. The Hall–Kier alpha value is -1.36. The van der Waals surface area contributed by atoms with Gasteiger partial charge in [0.15, 0.2) is 0 Å². The number of carbonyl (C=O) groups excluding carboxylic acids is 1. The lowest BCUT2D eigenvalue weighted by atomic mass is 10.1. The minimum absolute atomic E-state index is 0.162. The van der Waals surface area contributed by atoms with Crippen molar-refractivity contribution in [1.82, 2.24) is 19.6 Å². The van der Waals surface area contributed by atoms with Crippen molar-refractivity contribution in [2.24, 2.45) is 7.05 Å². The Bertz CT molecular complexity index is 458. The van der Waals surface area contributed by atoms with Gasteiger partial charge in [-0.25, -0.2) is 0 Å². The van der Waals surface area contributed by atoms with Crippen molar-refractivity contribution in [3.63, 3.8) is 0 Å². The zero-order valence-electron chi connectivity index (χ0n) is 12.4. The molecule has 2 heterocycles. The number of carbonyl (C=O) groups is 1. The third-order valence-corrected chi connectivity index (χ3v) is 3.91. The molecule has 5 nitrogen and oxygen atoms in total. The summed E-state index contributed by atoms with van der Waals surface area (Å²) in [5, 5.41) is 4.49. The fourth-order valence-electron chi connectivity index (χ4n) is 2.69. The molecule has 0 radical (unpaired) electrons. The molecule has 0 N–H and O–H groups in total. The SMILES string of the molecule is CCc1nn(C)c(CC)c1C(=O)N1CCN(C)CC1. The van der Waals surface area contributed by atoms with Gasteiger partial charge in [0.1, 0.15) is 0 Å². The maximum atomic E-state index is 12.7. The molecule has 106 valence electrons. The number of hydrogen-bond donors (Lipinski definition) is 0. The average Bonchev–Trinajstić information content (AvgIpc) is 2.74. The predicted molar refractivity (Wildman–Crippen MR) is 75.4 cm³/mol. The van der Waals surface area contributed by atoms with Crippen molar-refractivity contribution in [3.8, 4) is 0 Å². The Labute approximate surface area is 115 Å². The van der Waals surface area contributed by atoms with Gasteiger partial charge in [0.2, 0.25) is 0 Å². The highest BCUT2D eigenvalue weighted by Crippen LogP contribution is 2.18. The molecule has 1 saturated heterocycles. The molecule has 0 aromatic carbocycles. The van der Waals surface area contributed by atoms with Crippen LogP contribution < -0.4 is 0 Å². The molecule has 1 aromatic heterocycles. The predicted octanol–water partition coefficient (Wildman–Crippen LogP) is 0.933. The highest BCUT2D eigenvalue weighted by Gasteiger charge is 2.26. The first-order valence-electron chi connectivity index (χ1n) is 7.11. The number of aryl methyl sites for hydroxylation is 2. The molecule has 5 heteroatoms. The van der Waals surface area contributed by atoms with Crippen molar-refractivity contribution in [2.75, 3.05) is 33.2 Å². The number of aromatic nitrogens is 2. The van der Waals surface area contributed by atoms with Crippen LogP contribution >= 0.6 is 0 Å². The van der Waals surface area contributed by atoms with Crippen LogP contribution in [0, 0.1) is 0 Å². The number of hydrogen-bond acceptors (Lipinski definition) is 3. The van der Waals surface area contributed by atoms with Gasteiger partial charge in [-0.05, 0) is 19.9 Å². The second kappa shape index (κ2) is 5.74. The van der Waals surface area contributed by atoms with E-state index < -0.39 is 0 Å². The van der Waals surface area contributed by atoms with E-state index in [-0.39, 0.29) is 5.91 Å². The van der Waals surface area contributed by atoms with Crippen LogP contribution in [-0.4, -0.2) is 58.7 Å². The van der Waals surface area contributed by atoms with Crippen molar-refractivity contribution >= 4 is 5.91 Å². The van der Waals surface area contributed by atoms with Crippen molar-refractivity contribution in [1.29, 1.82) is 0 Å². The van der Waals surface area contributed by atoms with E-state index in [0.29, 0.717) is 0 Å². The highest BCUT2D eigenvalue weighted by molar-refractivity contribution is 5.96. The average molecular weight is 264 g/mol. The van der Waals surface area contributed by atoms with E-state index in [1.165, 1.54) is 0 Å². The zero-order chi connectivity index (χ0) is 14.0. The fourth-order valence-corrected chi connectivity index (χ4v) is 2.69. The molecule has 1 fully saturated rings. The molecule has 1 aromatic rings. The monoisotopic (exact) mass is 264 g/mol. The lowest BCUT2D eigenvalue weighted by molar-refractivity contribution is 0.0662. The van der Waals surface area contributed by atoms with Crippen molar-refractivity contribution in [2.45, 2.75) is 26.7 Å². The van der Waals surface area contributed by atoms with Crippen LogP contribution in [0.4, 0.5) is 0 Å². The molecular formula is C14H24N4O. The quantitative estimate of drug-likeness (QED) is 0.815. The minimum Gasteiger partial charge on any atom is -0.336 e. The molecule has 0 atom stereocenters. The summed E-state index contributed by atoms with van der Waals surface area (Å²) in [6.45, 7) is 7.68. The molecule has 2 rings (SSSR count). The smallest absolute Gasteiger partial charge is 0.257 e. The first-order chi connectivity index (χ1) is 9.08. The van der Waals surface area contributed by atoms with Gasteiger partial charge >= 0.3 is 0 Å². The first-order valence-corrected chi connectivity index (χ1v) is 7.11. The summed E-state index contributed by atoms with van der Waals surface area (Å²) < 4.78 is 1.86. The molecule has 0 aliphatic carbocycles. The Morgan fingerprint density at radius 1 is 1.11 bits per heavy atom. The Morgan fingerprint density at radius 2 is 1.74 bits per heavy atom. The van der Waals surface area contributed by atoms with E-state index in [1.54, 1.807) is 0 Å². The molecular weight excluding hydrogens is 240 g/mol. The van der Waals surface area contributed by atoms with Crippen molar-refractivity contribution in [3.05, 3.63) is 17.0 Å². The Balaban J connectivity index is 2.27. The topological polar surface area (TPSA) is 41.4 Å². The van der Waals surface area contributed by atoms with Crippen LogP contribution in [0.25, 0.3) is 0 Å². The van der Waals surface area contributed by atoms with E-state index >= 15 is 0 Å². The van der Waals surface area contributed by atoms with Crippen LogP contribution in [0.3, 0.4) is 0 Å². The normalized spacial score (nSPS) is 16.9. The third-order valence-electron chi connectivity index (χ3n) is 3.91. The Kier molecular flexibility index (Phi) is 4.24. The number of piperazine rings is 1. The molecule has 0 bridgehead atoms. The van der Waals surface area contributed by atoms with Gasteiger partial charge < -0.3 is 9.80 Å². The number of likely N-dealkylation sites (N-methyl/N-ethyl adjacent to an activating group) is 1. The fraction of sp³-hybridized carbons (Fsp3) is 0.714. The molecule has 1 aliphatic rings. The van der Waals surface area contributed by atoms with Gasteiger partial charge in [-0.3, -0.25) is 9.48 Å². The Morgan fingerprint density at radius 3 is 2.26 bits per heavy atom. The van der Waals surface area contributed by atoms with E-state index in [2.05, 4.69) is 30.9 Å². The van der Waals surface area contributed by atoms with Gasteiger partial charge in [-0.1, -0.05) is 13.8 Å². The summed E-state index contributed by atoms with van der Waals surface area (Å²) in [7, 11) is 4.03. The van der Waals surface area contributed by atoms with Gasteiger partial charge in [0, 0.05) is 33.2 Å². The summed E-state index contributed by atoms with van der Waals surface area (Å²) >= 11 is 0. The molecule has 1 aliphatic heterocycles. The molecule has 19 heavy (non-hydrogen) atoms. The van der Waals surface area contributed by atoms with E-state index in [0.717, 1.165) is 56.0 Å². The summed E-state index contributed by atoms with van der Waals surface area (Å²) in [6.07, 6.45) is 1.65. The summed E-state index contributed by atoms with van der Waals surface area (Å²) in [4.78, 5) is 17.0. The third kappa shape index (κ3) is 2.66. The molecule has 1 amide bonds. The maximum Gasteiger partial charge on any atom is 0.257 e. The van der Waals surface area contributed by atoms with Crippen LogP contribution in [0.5, 0.6) is 0 Å². The van der Waals surface area contributed by atoms with Gasteiger partial charge in [0.05, 0.1) is 17.0 Å². The van der Waals surface area contributed by atoms with Crippen LogP contribution in [0.2, 0.25) is 0 Å². The van der Waals surface area contributed by atoms with E-state index in [9.17, 15) is 4.79 Å². The maximum absolute atomic E-state index is 12.7. The number of nitrogens with zero attached hydrogens (tertiary/aromatic N) is 4. The lowest BCUT2D eigenvalue weighted by Crippen LogP contribution is -2.47. The zero-order valence-corrected chi connectivity index (χ0v) is 12.4. The molecule has 0 unspecified atom stereocenters. The second-order valence-corrected chi connectivity index (χ2v) is 5.19. The van der Waals surface area contributed by atoms with Crippen LogP contribution in [0.1, 0.15) is 35.6 Å². The summed E-state index contributed by atoms with van der Waals surface area (Å²) in [6, 6.07) is 0. The van der Waals surface area contributed by atoms with E-state index in [4.69, 9.17) is 0 Å². The number of rotatable bonds is 3. The molecule has 0 saturated carbocycles. The van der Waals surface area contributed by atoms with Gasteiger partial charge in [-0.15, -0.1) is 0 Å². The van der Waals surface area contributed by atoms with Gasteiger partial charge in [-0.2, -0.15) is 5.10 Å². The lowest BCUT2D eigenvalue weighted by Gasteiger charge is -2.32. The molecule has 0 spiro atoms. The first kappa shape index (κ1) is 14.1. The van der Waals surface area contributed by atoms with E-state index in [1.807, 2.05) is 16.6 Å². The van der Waals surface area contributed by atoms with Crippen molar-refractivity contribution < 1.29 is 4.79 Å². The standard InChI is InChI=1S/C14H24N4O/c1-5-11-13(12(6-2)17(4)15-11)14(19)18-9-7-16(3)8-10-18/h5-10H2,1-4H3. The summed E-state index contributed by atoms with van der Waals surface area (Å²) in [5.74, 6) is 0.162. The van der Waals surface area contributed by atoms with Crippen LogP contribution in [-0.2, 0) is 19.9 Å². The minimum atomic E-state index is 0.162. The van der Waals surface area contributed by atoms with Crippen LogP contribution in [0.15, 0.2) is 0 Å². The largest absolute Gasteiger partial charge is 0.336 e.